The highest BCUT2D eigenvalue weighted by Gasteiger charge is 2.53. The van der Waals surface area contributed by atoms with Gasteiger partial charge >= 0.3 is 5.97 Å². The SMILES string of the molecule is O=C(O)CC1CC2(C1)CN(C(=O)c1cc(Cl)ccc1O)C2. The maximum absolute atomic E-state index is 12.3. The summed E-state index contributed by atoms with van der Waals surface area (Å²) in [6, 6.07) is 4.42. The van der Waals surface area contributed by atoms with Crippen LogP contribution in [0.3, 0.4) is 0 Å². The van der Waals surface area contributed by atoms with E-state index in [0.29, 0.717) is 18.1 Å². The summed E-state index contributed by atoms with van der Waals surface area (Å²) in [6.45, 7) is 1.27. The fraction of sp³-hybridized carbons (Fsp3) is 0.467. The van der Waals surface area contributed by atoms with Gasteiger partial charge in [-0.25, -0.2) is 0 Å². The predicted molar refractivity (Wildman–Crippen MR) is 76.4 cm³/mol. The molecule has 1 amide bonds. The Bertz CT molecular complexity index is 602. The molecule has 1 saturated heterocycles. The molecule has 5 nitrogen and oxygen atoms in total. The van der Waals surface area contributed by atoms with Crippen molar-refractivity contribution in [1.29, 1.82) is 0 Å². The summed E-state index contributed by atoms with van der Waals surface area (Å²) in [5.74, 6) is -0.810. The molecule has 1 heterocycles. The van der Waals surface area contributed by atoms with Crippen LogP contribution in [-0.2, 0) is 4.79 Å². The lowest BCUT2D eigenvalue weighted by atomic mass is 9.57. The number of likely N-dealkylation sites (tertiary alicyclic amines) is 1. The Morgan fingerprint density at radius 2 is 2.00 bits per heavy atom. The number of aromatic hydroxyl groups is 1. The number of halogens is 1. The zero-order valence-corrected chi connectivity index (χ0v) is 12.1. The molecule has 0 bridgehead atoms. The molecular formula is C15H16ClNO4. The first-order valence-corrected chi connectivity index (χ1v) is 7.26. The fourth-order valence-electron chi connectivity index (χ4n) is 3.57. The lowest BCUT2D eigenvalue weighted by Gasteiger charge is -2.59. The van der Waals surface area contributed by atoms with Crippen LogP contribution in [0.4, 0.5) is 0 Å². The molecular weight excluding hydrogens is 294 g/mol. The van der Waals surface area contributed by atoms with E-state index in [1.165, 1.54) is 18.2 Å². The number of aliphatic carboxylic acids is 1. The highest BCUT2D eigenvalue weighted by molar-refractivity contribution is 6.31. The predicted octanol–water partition coefficient (Wildman–Crippen LogP) is 2.37. The van der Waals surface area contributed by atoms with E-state index in [1.54, 1.807) is 4.90 Å². The summed E-state index contributed by atoms with van der Waals surface area (Å²) in [6.07, 6.45) is 1.94. The van der Waals surface area contributed by atoms with Gasteiger partial charge in [0.05, 0.1) is 5.56 Å². The number of amides is 1. The van der Waals surface area contributed by atoms with E-state index in [4.69, 9.17) is 16.7 Å². The maximum Gasteiger partial charge on any atom is 0.303 e. The third-order valence-corrected chi connectivity index (χ3v) is 4.67. The van der Waals surface area contributed by atoms with Gasteiger partial charge in [0.25, 0.3) is 5.91 Å². The van der Waals surface area contributed by atoms with Gasteiger partial charge in [0.1, 0.15) is 5.75 Å². The van der Waals surface area contributed by atoms with E-state index >= 15 is 0 Å². The fourth-order valence-corrected chi connectivity index (χ4v) is 3.74. The van der Waals surface area contributed by atoms with Crippen molar-refractivity contribution in [3.63, 3.8) is 0 Å². The van der Waals surface area contributed by atoms with Gasteiger partial charge in [-0.05, 0) is 37.0 Å². The Morgan fingerprint density at radius 1 is 1.33 bits per heavy atom. The Balaban J connectivity index is 1.58. The number of carbonyl (C=O) groups is 2. The molecule has 0 radical (unpaired) electrons. The Hall–Kier alpha value is -1.75. The molecule has 2 N–H and O–H groups in total. The molecule has 112 valence electrons. The monoisotopic (exact) mass is 309 g/mol. The number of benzene rings is 1. The van der Waals surface area contributed by atoms with Crippen molar-refractivity contribution in [2.45, 2.75) is 19.3 Å². The number of rotatable bonds is 3. The van der Waals surface area contributed by atoms with Crippen molar-refractivity contribution < 1.29 is 19.8 Å². The van der Waals surface area contributed by atoms with Gasteiger partial charge in [-0.2, -0.15) is 0 Å². The number of carboxylic acid groups (broad SMARTS) is 1. The van der Waals surface area contributed by atoms with Crippen LogP contribution in [0, 0.1) is 11.3 Å². The summed E-state index contributed by atoms with van der Waals surface area (Å²) in [5, 5.41) is 18.9. The van der Waals surface area contributed by atoms with E-state index in [0.717, 1.165) is 12.8 Å². The van der Waals surface area contributed by atoms with Gasteiger partial charge in [0.2, 0.25) is 0 Å². The molecule has 1 aromatic carbocycles. The van der Waals surface area contributed by atoms with Crippen LogP contribution in [0.15, 0.2) is 18.2 Å². The second kappa shape index (κ2) is 4.91. The summed E-state index contributed by atoms with van der Waals surface area (Å²) < 4.78 is 0. The topological polar surface area (TPSA) is 77.8 Å². The number of carboxylic acids is 1. The molecule has 1 saturated carbocycles. The minimum absolute atomic E-state index is 0.0669. The largest absolute Gasteiger partial charge is 0.507 e. The third-order valence-electron chi connectivity index (χ3n) is 4.44. The van der Waals surface area contributed by atoms with Crippen LogP contribution < -0.4 is 0 Å². The molecule has 3 rings (SSSR count). The Kier molecular flexibility index (Phi) is 3.32. The maximum atomic E-state index is 12.3. The quantitative estimate of drug-likeness (QED) is 0.898. The number of hydrogen-bond acceptors (Lipinski definition) is 3. The van der Waals surface area contributed by atoms with Crippen molar-refractivity contribution in [2.24, 2.45) is 11.3 Å². The second-order valence-electron chi connectivity index (χ2n) is 6.19. The lowest BCUT2D eigenvalue weighted by Crippen LogP contribution is -2.63. The van der Waals surface area contributed by atoms with E-state index in [-0.39, 0.29) is 35.0 Å². The summed E-state index contributed by atoms with van der Waals surface area (Å²) in [4.78, 5) is 24.6. The van der Waals surface area contributed by atoms with Gasteiger partial charge in [0.15, 0.2) is 0 Å². The van der Waals surface area contributed by atoms with Gasteiger partial charge in [-0.15, -0.1) is 0 Å². The average Bonchev–Trinajstić information content (AvgIpc) is 2.32. The smallest absolute Gasteiger partial charge is 0.303 e. The number of phenolic OH excluding ortho intramolecular Hbond substituents is 1. The molecule has 1 spiro atoms. The number of nitrogens with zero attached hydrogens (tertiary/aromatic N) is 1. The molecule has 2 fully saturated rings. The van der Waals surface area contributed by atoms with E-state index in [9.17, 15) is 14.7 Å². The first-order chi connectivity index (χ1) is 9.88. The zero-order chi connectivity index (χ0) is 15.2. The average molecular weight is 310 g/mol. The molecule has 0 unspecified atom stereocenters. The van der Waals surface area contributed by atoms with Gasteiger partial charge in [-0.1, -0.05) is 11.6 Å². The molecule has 6 heteroatoms. The molecule has 0 atom stereocenters. The number of carbonyl (C=O) groups excluding carboxylic acids is 1. The van der Waals surface area contributed by atoms with Gasteiger partial charge in [-0.3, -0.25) is 9.59 Å². The van der Waals surface area contributed by atoms with Gasteiger partial charge < -0.3 is 15.1 Å². The minimum Gasteiger partial charge on any atom is -0.507 e. The minimum atomic E-state index is -0.758. The van der Waals surface area contributed by atoms with Crippen LogP contribution >= 0.6 is 11.6 Å². The molecule has 1 aromatic rings. The third kappa shape index (κ3) is 2.58. The van der Waals surface area contributed by atoms with E-state index < -0.39 is 5.97 Å². The van der Waals surface area contributed by atoms with Crippen LogP contribution in [0.2, 0.25) is 5.02 Å². The van der Waals surface area contributed by atoms with E-state index in [1.807, 2.05) is 0 Å². The lowest BCUT2D eigenvalue weighted by molar-refractivity contribution is -0.143. The van der Waals surface area contributed by atoms with Crippen LogP contribution in [0.5, 0.6) is 5.75 Å². The first kappa shape index (κ1) is 14.2. The van der Waals surface area contributed by atoms with Gasteiger partial charge in [0, 0.05) is 29.9 Å². The van der Waals surface area contributed by atoms with Crippen molar-refractivity contribution in [3.8, 4) is 5.75 Å². The standard InChI is InChI=1S/C15H16ClNO4/c16-10-1-2-12(18)11(4-10)14(21)17-7-15(8-17)5-9(6-15)3-13(19)20/h1-2,4,9,18H,3,5-8H2,(H,19,20). The Labute approximate surface area is 127 Å². The first-order valence-electron chi connectivity index (χ1n) is 6.88. The molecule has 1 aliphatic heterocycles. The highest BCUT2D eigenvalue weighted by atomic mass is 35.5. The van der Waals surface area contributed by atoms with E-state index in [2.05, 4.69) is 0 Å². The molecule has 0 aromatic heterocycles. The summed E-state index contributed by atoms with van der Waals surface area (Å²) >= 11 is 5.85. The van der Waals surface area contributed by atoms with Crippen LogP contribution in [0.1, 0.15) is 29.6 Å². The molecule has 2 aliphatic rings. The van der Waals surface area contributed by atoms with Crippen LogP contribution in [-0.4, -0.2) is 40.1 Å². The van der Waals surface area contributed by atoms with Crippen molar-refractivity contribution in [3.05, 3.63) is 28.8 Å². The summed E-state index contributed by atoms with van der Waals surface area (Å²) in [7, 11) is 0. The second-order valence-corrected chi connectivity index (χ2v) is 6.63. The summed E-state index contributed by atoms with van der Waals surface area (Å²) in [5.41, 5.74) is 0.322. The van der Waals surface area contributed by atoms with Crippen molar-refractivity contribution in [1.82, 2.24) is 4.90 Å². The van der Waals surface area contributed by atoms with Crippen molar-refractivity contribution in [2.75, 3.05) is 13.1 Å². The highest BCUT2D eigenvalue weighted by Crippen LogP contribution is 2.53. The van der Waals surface area contributed by atoms with Crippen LogP contribution in [0.25, 0.3) is 0 Å². The number of hydrogen-bond donors (Lipinski definition) is 2. The van der Waals surface area contributed by atoms with Crippen molar-refractivity contribution >= 4 is 23.5 Å². The molecule has 1 aliphatic carbocycles. The number of phenols is 1. The Morgan fingerprint density at radius 3 is 2.62 bits per heavy atom. The molecule has 21 heavy (non-hydrogen) atoms. The normalized spacial score (nSPS) is 20.0. The zero-order valence-electron chi connectivity index (χ0n) is 11.4.